The summed E-state index contributed by atoms with van der Waals surface area (Å²) < 4.78 is 0. The van der Waals surface area contributed by atoms with Crippen molar-refractivity contribution in [2.75, 3.05) is 4.90 Å². The van der Waals surface area contributed by atoms with E-state index in [4.69, 9.17) is 0 Å². The molecule has 0 spiro atoms. The zero-order valence-corrected chi connectivity index (χ0v) is 29.5. The Balaban J connectivity index is 1.30. The maximum atomic E-state index is 2.45. The summed E-state index contributed by atoms with van der Waals surface area (Å²) in [6.45, 7) is 4.71. The predicted molar refractivity (Wildman–Crippen MR) is 220 cm³/mol. The lowest BCUT2D eigenvalue weighted by Gasteiger charge is -2.31. The molecule has 248 valence electrons. The highest BCUT2D eigenvalue weighted by molar-refractivity contribution is 6.00. The molecule has 8 aromatic rings. The lowest BCUT2D eigenvalue weighted by molar-refractivity contribution is 0.660. The average Bonchev–Trinajstić information content (AvgIpc) is 3.44. The van der Waals surface area contributed by atoms with Crippen LogP contribution in [0.4, 0.5) is 17.1 Å². The third-order valence-corrected chi connectivity index (χ3v) is 10.7. The van der Waals surface area contributed by atoms with Gasteiger partial charge < -0.3 is 4.90 Å². The fourth-order valence-corrected chi connectivity index (χ4v) is 8.14. The molecule has 0 aliphatic heterocycles. The van der Waals surface area contributed by atoms with Gasteiger partial charge in [-0.15, -0.1) is 0 Å². The molecule has 0 heterocycles. The zero-order chi connectivity index (χ0) is 35.1. The molecule has 1 heteroatoms. The van der Waals surface area contributed by atoms with Crippen LogP contribution in [0.25, 0.3) is 55.6 Å². The van der Waals surface area contributed by atoms with Crippen LogP contribution in [0.2, 0.25) is 0 Å². The van der Waals surface area contributed by atoms with E-state index >= 15 is 0 Å². The van der Waals surface area contributed by atoms with E-state index in [9.17, 15) is 0 Å². The van der Waals surface area contributed by atoms with Crippen LogP contribution >= 0.6 is 0 Å². The second kappa shape index (κ2) is 13.0. The third-order valence-electron chi connectivity index (χ3n) is 10.7. The number of para-hydroxylation sites is 1. The molecule has 8 aromatic carbocycles. The highest BCUT2D eigenvalue weighted by Gasteiger charge is 2.36. The van der Waals surface area contributed by atoms with Gasteiger partial charge in [0.05, 0.1) is 5.69 Å². The minimum Gasteiger partial charge on any atom is -0.310 e. The molecular weight excluding hydrogens is 627 g/mol. The minimum absolute atomic E-state index is 0.114. The number of anilines is 3. The van der Waals surface area contributed by atoms with E-state index in [0.29, 0.717) is 0 Å². The van der Waals surface area contributed by atoms with Crippen molar-refractivity contribution >= 4 is 17.1 Å². The Kier molecular flexibility index (Phi) is 7.90. The van der Waals surface area contributed by atoms with E-state index in [0.717, 1.165) is 17.1 Å². The zero-order valence-electron chi connectivity index (χ0n) is 29.5. The quantitative estimate of drug-likeness (QED) is 0.164. The molecule has 0 saturated heterocycles. The molecule has 0 bridgehead atoms. The van der Waals surface area contributed by atoms with Gasteiger partial charge in [0.25, 0.3) is 0 Å². The second-order valence-corrected chi connectivity index (χ2v) is 14.1. The van der Waals surface area contributed by atoms with Gasteiger partial charge in [0.1, 0.15) is 0 Å². The topological polar surface area (TPSA) is 3.24 Å². The number of hydrogen-bond donors (Lipinski definition) is 0. The predicted octanol–water partition coefficient (Wildman–Crippen LogP) is 14.1. The minimum atomic E-state index is -0.114. The van der Waals surface area contributed by atoms with Gasteiger partial charge in [-0.3, -0.25) is 0 Å². The molecular formula is C51H39N. The monoisotopic (exact) mass is 665 g/mol. The number of hydrogen-bond acceptors (Lipinski definition) is 1. The van der Waals surface area contributed by atoms with E-state index in [1.807, 2.05) is 0 Å². The summed E-state index contributed by atoms with van der Waals surface area (Å²) in [6, 6.07) is 72.8. The molecule has 0 aromatic heterocycles. The molecule has 1 nitrogen and oxygen atoms in total. The molecule has 0 fully saturated rings. The number of rotatable bonds is 7. The highest BCUT2D eigenvalue weighted by atomic mass is 15.1. The molecule has 0 N–H and O–H groups in total. The van der Waals surface area contributed by atoms with E-state index < -0.39 is 0 Å². The van der Waals surface area contributed by atoms with Crippen molar-refractivity contribution in [1.29, 1.82) is 0 Å². The first-order chi connectivity index (χ1) is 25.6. The molecule has 0 radical (unpaired) electrons. The van der Waals surface area contributed by atoms with Crippen LogP contribution in [-0.2, 0) is 5.41 Å². The summed E-state index contributed by atoms with van der Waals surface area (Å²) in [5, 5.41) is 0. The van der Waals surface area contributed by atoms with Crippen molar-refractivity contribution in [1.82, 2.24) is 0 Å². The van der Waals surface area contributed by atoms with Crippen molar-refractivity contribution in [3.8, 4) is 55.6 Å². The number of nitrogens with zero attached hydrogens (tertiary/aromatic N) is 1. The Bertz CT molecular complexity index is 2510. The Labute approximate surface area is 307 Å². The van der Waals surface area contributed by atoms with E-state index in [1.165, 1.54) is 66.8 Å². The largest absolute Gasteiger partial charge is 0.310 e. The van der Waals surface area contributed by atoms with Gasteiger partial charge in [0.2, 0.25) is 0 Å². The van der Waals surface area contributed by atoms with Gasteiger partial charge in [-0.05, 0) is 91.5 Å². The van der Waals surface area contributed by atoms with Gasteiger partial charge in [-0.2, -0.15) is 0 Å². The molecule has 1 aliphatic carbocycles. The molecule has 0 saturated carbocycles. The Morgan fingerprint density at radius 1 is 0.327 bits per heavy atom. The Hall–Kier alpha value is -6.44. The van der Waals surface area contributed by atoms with Crippen molar-refractivity contribution in [3.05, 3.63) is 211 Å². The lowest BCUT2D eigenvalue weighted by atomic mass is 9.82. The van der Waals surface area contributed by atoms with Crippen LogP contribution < -0.4 is 4.90 Å². The first-order valence-electron chi connectivity index (χ1n) is 18.1. The summed E-state index contributed by atoms with van der Waals surface area (Å²) in [7, 11) is 0. The summed E-state index contributed by atoms with van der Waals surface area (Å²) in [5.41, 5.74) is 18.3. The fourth-order valence-electron chi connectivity index (χ4n) is 8.14. The summed E-state index contributed by atoms with van der Waals surface area (Å²) in [4.78, 5) is 2.45. The molecule has 0 atom stereocenters. The number of fused-ring (bicyclic) bond motifs is 3. The van der Waals surface area contributed by atoms with Crippen LogP contribution in [0.15, 0.2) is 200 Å². The third kappa shape index (κ3) is 5.43. The van der Waals surface area contributed by atoms with Crippen molar-refractivity contribution < 1.29 is 0 Å². The smallest absolute Gasteiger partial charge is 0.0546 e. The fraction of sp³-hybridized carbons (Fsp3) is 0.0588. The molecule has 52 heavy (non-hydrogen) atoms. The van der Waals surface area contributed by atoms with Crippen LogP contribution in [0.5, 0.6) is 0 Å². The summed E-state index contributed by atoms with van der Waals surface area (Å²) >= 11 is 0. The van der Waals surface area contributed by atoms with Crippen molar-refractivity contribution in [2.24, 2.45) is 0 Å². The summed E-state index contributed by atoms with van der Waals surface area (Å²) in [6.07, 6.45) is 0. The maximum Gasteiger partial charge on any atom is 0.0546 e. The molecule has 0 amide bonds. The summed E-state index contributed by atoms with van der Waals surface area (Å²) in [5.74, 6) is 0. The maximum absolute atomic E-state index is 2.45. The van der Waals surface area contributed by atoms with Crippen LogP contribution in [-0.4, -0.2) is 0 Å². The van der Waals surface area contributed by atoms with Crippen LogP contribution in [0, 0.1) is 0 Å². The van der Waals surface area contributed by atoms with E-state index in [1.54, 1.807) is 0 Å². The Morgan fingerprint density at radius 3 is 1.56 bits per heavy atom. The van der Waals surface area contributed by atoms with Gasteiger partial charge in [-0.25, -0.2) is 0 Å². The van der Waals surface area contributed by atoms with Crippen LogP contribution in [0.1, 0.15) is 25.0 Å². The van der Waals surface area contributed by atoms with E-state index in [-0.39, 0.29) is 5.41 Å². The lowest BCUT2D eigenvalue weighted by Crippen LogP contribution is -2.17. The average molecular weight is 666 g/mol. The first-order valence-corrected chi connectivity index (χ1v) is 18.1. The van der Waals surface area contributed by atoms with Crippen molar-refractivity contribution in [2.45, 2.75) is 19.3 Å². The van der Waals surface area contributed by atoms with Gasteiger partial charge in [0.15, 0.2) is 0 Å². The SMILES string of the molecule is CC1(C)c2ccccc2-c2ccc(N(c3ccccc3)c3cccc(-c4ccccc4-c4ccccc4)c3-c3ccc(-c4ccccc4)cc3)cc21. The van der Waals surface area contributed by atoms with Gasteiger partial charge in [-0.1, -0.05) is 184 Å². The normalized spacial score (nSPS) is 12.6. The van der Waals surface area contributed by atoms with Gasteiger partial charge >= 0.3 is 0 Å². The van der Waals surface area contributed by atoms with Crippen molar-refractivity contribution in [3.63, 3.8) is 0 Å². The molecule has 9 rings (SSSR count). The standard InChI is InChI=1S/C51H39N/c1-51(2)47-27-15-14-25-44(47)45-34-33-41(35-48(45)51)52(40-21-10-5-11-22-40)49-28-16-26-46(43-24-13-12-23-42(43)38-19-8-4-9-20-38)50(49)39-31-29-37(30-32-39)36-17-6-3-7-18-36/h3-35H,1-2H3. The van der Waals surface area contributed by atoms with Crippen LogP contribution in [0.3, 0.4) is 0 Å². The molecule has 0 unspecified atom stereocenters. The first kappa shape index (κ1) is 31.5. The van der Waals surface area contributed by atoms with E-state index in [2.05, 4.69) is 219 Å². The molecule has 1 aliphatic rings. The highest BCUT2D eigenvalue weighted by Crippen LogP contribution is 2.52. The Morgan fingerprint density at radius 2 is 0.846 bits per heavy atom. The number of benzene rings is 8. The second-order valence-electron chi connectivity index (χ2n) is 14.1. The van der Waals surface area contributed by atoms with Gasteiger partial charge in [0, 0.05) is 22.4 Å².